The number of anilines is 2. The average molecular weight is 352 g/mol. The highest BCUT2D eigenvalue weighted by Crippen LogP contribution is 2.23. The van der Waals surface area contributed by atoms with Crippen LogP contribution in [0.5, 0.6) is 0 Å². The van der Waals surface area contributed by atoms with Crippen molar-refractivity contribution in [2.24, 2.45) is 0 Å². The van der Waals surface area contributed by atoms with Crippen LogP contribution in [0.4, 0.5) is 11.4 Å². The third-order valence-electron chi connectivity index (χ3n) is 4.86. The Morgan fingerprint density at radius 2 is 1.65 bits per heavy atom. The second-order valence-corrected chi connectivity index (χ2v) is 7.97. The third-order valence-corrected chi connectivity index (χ3v) is 4.86. The Hall–Kier alpha value is -2.40. The number of benzene rings is 1. The number of nitrogens with zero attached hydrogens (tertiary/aromatic N) is 3. The standard InChI is InChI=1S/C21H28N4O/c1-21(2,3)16-5-7-17(8-6-16)23-20(26)19-10-9-18(15-22-19)25-13-11-24(4)12-14-25/h5-10,15H,11-14H2,1-4H3,(H,23,26). The number of hydrogen-bond acceptors (Lipinski definition) is 4. The first-order chi connectivity index (χ1) is 12.3. The van der Waals surface area contributed by atoms with Crippen LogP contribution in [-0.2, 0) is 5.41 Å². The Bertz CT molecular complexity index is 739. The van der Waals surface area contributed by atoms with Crippen molar-refractivity contribution < 1.29 is 4.79 Å². The van der Waals surface area contributed by atoms with Crippen molar-refractivity contribution in [3.05, 3.63) is 53.9 Å². The fourth-order valence-electron chi connectivity index (χ4n) is 3.02. The minimum absolute atomic E-state index is 0.100. The van der Waals surface area contributed by atoms with Gasteiger partial charge in [-0.3, -0.25) is 4.79 Å². The summed E-state index contributed by atoms with van der Waals surface area (Å²) in [6.45, 7) is 10.6. The van der Waals surface area contributed by atoms with Crippen molar-refractivity contribution in [1.29, 1.82) is 0 Å². The first kappa shape index (κ1) is 18.4. The van der Waals surface area contributed by atoms with E-state index in [1.807, 2.05) is 18.2 Å². The van der Waals surface area contributed by atoms with Gasteiger partial charge in [-0.1, -0.05) is 32.9 Å². The molecule has 1 N–H and O–H groups in total. The van der Waals surface area contributed by atoms with Gasteiger partial charge in [0.05, 0.1) is 11.9 Å². The maximum absolute atomic E-state index is 12.4. The SMILES string of the molecule is CN1CCN(c2ccc(C(=O)Nc3ccc(C(C)(C)C)cc3)nc2)CC1. The molecule has 0 atom stereocenters. The first-order valence-corrected chi connectivity index (χ1v) is 9.14. The van der Waals surface area contributed by atoms with Crippen molar-refractivity contribution in [2.75, 3.05) is 43.4 Å². The normalized spacial score (nSPS) is 15.8. The van der Waals surface area contributed by atoms with Crippen LogP contribution in [0.25, 0.3) is 0 Å². The van der Waals surface area contributed by atoms with Gasteiger partial charge in [-0.2, -0.15) is 0 Å². The van der Waals surface area contributed by atoms with Crippen LogP contribution in [0.1, 0.15) is 36.8 Å². The Kier molecular flexibility index (Phi) is 5.28. The molecule has 0 saturated carbocycles. The van der Waals surface area contributed by atoms with E-state index in [-0.39, 0.29) is 11.3 Å². The summed E-state index contributed by atoms with van der Waals surface area (Å²) in [5.74, 6) is -0.182. The van der Waals surface area contributed by atoms with Crippen LogP contribution in [0, 0.1) is 0 Å². The van der Waals surface area contributed by atoms with Crippen molar-refractivity contribution >= 4 is 17.3 Å². The second kappa shape index (κ2) is 7.46. The fourth-order valence-corrected chi connectivity index (χ4v) is 3.02. The summed E-state index contributed by atoms with van der Waals surface area (Å²) in [5, 5.41) is 2.92. The summed E-state index contributed by atoms with van der Waals surface area (Å²) in [6, 6.07) is 11.8. The van der Waals surface area contributed by atoms with Gasteiger partial charge in [0.1, 0.15) is 5.69 Å². The summed E-state index contributed by atoms with van der Waals surface area (Å²) >= 11 is 0. The molecule has 1 aliphatic rings. The molecule has 1 aliphatic heterocycles. The predicted molar refractivity (Wildman–Crippen MR) is 107 cm³/mol. The summed E-state index contributed by atoms with van der Waals surface area (Å²) in [5.41, 5.74) is 3.63. The minimum Gasteiger partial charge on any atom is -0.368 e. The Balaban J connectivity index is 1.63. The number of piperazine rings is 1. The molecule has 3 rings (SSSR count). The van der Waals surface area contributed by atoms with Gasteiger partial charge in [-0.05, 0) is 42.3 Å². The van der Waals surface area contributed by atoms with Crippen LogP contribution in [0.3, 0.4) is 0 Å². The summed E-state index contributed by atoms with van der Waals surface area (Å²) in [6.07, 6.45) is 1.79. The van der Waals surface area contributed by atoms with Crippen molar-refractivity contribution in [1.82, 2.24) is 9.88 Å². The number of amides is 1. The number of hydrogen-bond donors (Lipinski definition) is 1. The van der Waals surface area contributed by atoms with Gasteiger partial charge in [0.15, 0.2) is 0 Å². The molecule has 5 heteroatoms. The second-order valence-electron chi connectivity index (χ2n) is 7.97. The zero-order chi connectivity index (χ0) is 18.7. The molecule has 0 bridgehead atoms. The minimum atomic E-state index is -0.182. The number of carbonyl (C=O) groups excluding carboxylic acids is 1. The topological polar surface area (TPSA) is 48.5 Å². The highest BCUT2D eigenvalue weighted by atomic mass is 16.1. The molecule has 1 fully saturated rings. The molecule has 1 aromatic heterocycles. The summed E-state index contributed by atoms with van der Waals surface area (Å²) in [4.78, 5) is 21.4. The van der Waals surface area contributed by atoms with E-state index in [1.54, 1.807) is 12.3 Å². The maximum atomic E-state index is 12.4. The van der Waals surface area contributed by atoms with E-state index in [0.29, 0.717) is 5.69 Å². The molecule has 0 aliphatic carbocycles. The van der Waals surface area contributed by atoms with E-state index in [4.69, 9.17) is 0 Å². The van der Waals surface area contributed by atoms with Crippen LogP contribution < -0.4 is 10.2 Å². The maximum Gasteiger partial charge on any atom is 0.274 e. The van der Waals surface area contributed by atoms with Gasteiger partial charge in [0.25, 0.3) is 5.91 Å². The molecule has 0 radical (unpaired) electrons. The monoisotopic (exact) mass is 352 g/mol. The molecule has 2 heterocycles. The van der Waals surface area contributed by atoms with Crippen LogP contribution in [0.15, 0.2) is 42.6 Å². The van der Waals surface area contributed by atoms with Crippen molar-refractivity contribution in [3.63, 3.8) is 0 Å². The zero-order valence-corrected chi connectivity index (χ0v) is 16.1. The van der Waals surface area contributed by atoms with E-state index in [0.717, 1.165) is 37.6 Å². The smallest absolute Gasteiger partial charge is 0.274 e. The number of aromatic nitrogens is 1. The molecular weight excluding hydrogens is 324 g/mol. The van der Waals surface area contributed by atoms with E-state index >= 15 is 0 Å². The molecule has 1 saturated heterocycles. The van der Waals surface area contributed by atoms with Gasteiger partial charge in [-0.25, -0.2) is 4.98 Å². The van der Waals surface area contributed by atoms with Gasteiger partial charge in [-0.15, -0.1) is 0 Å². The fraction of sp³-hybridized carbons (Fsp3) is 0.429. The lowest BCUT2D eigenvalue weighted by Gasteiger charge is -2.33. The number of likely N-dealkylation sites (N-methyl/N-ethyl adjacent to an activating group) is 1. The lowest BCUT2D eigenvalue weighted by Crippen LogP contribution is -2.44. The molecule has 2 aromatic rings. The lowest BCUT2D eigenvalue weighted by molar-refractivity contribution is 0.102. The van der Waals surface area contributed by atoms with Crippen LogP contribution in [0.2, 0.25) is 0 Å². The first-order valence-electron chi connectivity index (χ1n) is 9.14. The number of nitrogens with one attached hydrogen (secondary N) is 1. The third kappa shape index (κ3) is 4.41. The van der Waals surface area contributed by atoms with E-state index in [9.17, 15) is 4.79 Å². The molecule has 26 heavy (non-hydrogen) atoms. The van der Waals surface area contributed by atoms with Gasteiger partial charge < -0.3 is 15.1 Å². The zero-order valence-electron chi connectivity index (χ0n) is 16.1. The van der Waals surface area contributed by atoms with E-state index < -0.39 is 0 Å². The van der Waals surface area contributed by atoms with Gasteiger partial charge in [0.2, 0.25) is 0 Å². The van der Waals surface area contributed by atoms with Gasteiger partial charge >= 0.3 is 0 Å². The highest BCUT2D eigenvalue weighted by Gasteiger charge is 2.16. The number of carbonyl (C=O) groups is 1. The van der Waals surface area contributed by atoms with Crippen LogP contribution >= 0.6 is 0 Å². The molecule has 1 amide bonds. The predicted octanol–water partition coefficient (Wildman–Crippen LogP) is 3.38. The largest absolute Gasteiger partial charge is 0.368 e. The average Bonchev–Trinajstić information content (AvgIpc) is 2.62. The molecule has 5 nitrogen and oxygen atoms in total. The van der Waals surface area contributed by atoms with Crippen molar-refractivity contribution in [3.8, 4) is 0 Å². The summed E-state index contributed by atoms with van der Waals surface area (Å²) < 4.78 is 0. The van der Waals surface area contributed by atoms with Crippen LogP contribution in [-0.4, -0.2) is 49.0 Å². The van der Waals surface area contributed by atoms with Crippen molar-refractivity contribution in [2.45, 2.75) is 26.2 Å². The molecule has 0 unspecified atom stereocenters. The molecular formula is C21H28N4O. The van der Waals surface area contributed by atoms with Gasteiger partial charge in [0, 0.05) is 31.9 Å². The molecule has 1 aromatic carbocycles. The molecule has 138 valence electrons. The Morgan fingerprint density at radius 1 is 1.00 bits per heavy atom. The Labute approximate surface area is 156 Å². The molecule has 0 spiro atoms. The quantitative estimate of drug-likeness (QED) is 0.920. The van der Waals surface area contributed by atoms with E-state index in [2.05, 4.69) is 60.1 Å². The number of pyridine rings is 1. The number of rotatable bonds is 3. The highest BCUT2D eigenvalue weighted by molar-refractivity contribution is 6.02. The summed E-state index contributed by atoms with van der Waals surface area (Å²) in [7, 11) is 2.14. The lowest BCUT2D eigenvalue weighted by atomic mass is 9.87. The van der Waals surface area contributed by atoms with E-state index in [1.165, 1.54) is 5.56 Å². The Morgan fingerprint density at radius 3 is 2.19 bits per heavy atom.